The smallest absolute Gasteiger partial charge is 0.0658 e. The monoisotopic (exact) mass is 272 g/mol. The van der Waals surface area contributed by atoms with Crippen LogP contribution in [0, 0.1) is 5.92 Å². The summed E-state index contributed by atoms with van der Waals surface area (Å²) in [6.07, 6.45) is 11.2. The van der Waals surface area contributed by atoms with Crippen molar-refractivity contribution < 1.29 is 9.84 Å². The highest BCUT2D eigenvalue weighted by molar-refractivity contribution is 8.00. The largest absolute Gasteiger partial charge is 0.392 e. The van der Waals surface area contributed by atoms with E-state index in [1.54, 1.807) is 0 Å². The van der Waals surface area contributed by atoms with Crippen LogP contribution in [0.15, 0.2) is 0 Å². The van der Waals surface area contributed by atoms with Gasteiger partial charge in [0.15, 0.2) is 0 Å². The van der Waals surface area contributed by atoms with Gasteiger partial charge in [-0.05, 0) is 43.8 Å². The van der Waals surface area contributed by atoms with E-state index < -0.39 is 0 Å². The van der Waals surface area contributed by atoms with E-state index in [-0.39, 0.29) is 6.10 Å². The summed E-state index contributed by atoms with van der Waals surface area (Å²) in [5.74, 6) is 2.14. The molecule has 2 saturated heterocycles. The molecule has 3 heteroatoms. The summed E-state index contributed by atoms with van der Waals surface area (Å²) in [6, 6.07) is 0. The summed E-state index contributed by atoms with van der Waals surface area (Å²) < 4.78 is 5.38. The summed E-state index contributed by atoms with van der Waals surface area (Å²) in [7, 11) is 0. The highest BCUT2D eigenvalue weighted by Gasteiger charge is 2.22. The van der Waals surface area contributed by atoms with Crippen LogP contribution in [0.1, 0.15) is 57.8 Å². The van der Waals surface area contributed by atoms with Crippen LogP contribution in [0.5, 0.6) is 0 Å². The van der Waals surface area contributed by atoms with Crippen molar-refractivity contribution >= 4 is 11.8 Å². The van der Waals surface area contributed by atoms with E-state index in [2.05, 4.69) is 0 Å². The van der Waals surface area contributed by atoms with Crippen molar-refractivity contribution in [3.63, 3.8) is 0 Å². The molecule has 0 aromatic carbocycles. The van der Waals surface area contributed by atoms with Gasteiger partial charge in [-0.2, -0.15) is 11.8 Å². The molecule has 2 fully saturated rings. The minimum Gasteiger partial charge on any atom is -0.392 e. The Morgan fingerprint density at radius 3 is 2.67 bits per heavy atom. The highest BCUT2D eigenvalue weighted by Crippen LogP contribution is 2.30. The van der Waals surface area contributed by atoms with Crippen molar-refractivity contribution in [2.45, 2.75) is 69.1 Å². The molecule has 0 radical (unpaired) electrons. The van der Waals surface area contributed by atoms with Crippen LogP contribution >= 0.6 is 11.8 Å². The molecule has 0 spiro atoms. The van der Waals surface area contributed by atoms with E-state index in [9.17, 15) is 5.11 Å². The van der Waals surface area contributed by atoms with Crippen LogP contribution in [0.2, 0.25) is 0 Å². The summed E-state index contributed by atoms with van der Waals surface area (Å²) in [4.78, 5) is 0. The second-order valence-corrected chi connectivity index (χ2v) is 7.16. The third-order valence-corrected chi connectivity index (χ3v) is 5.85. The van der Waals surface area contributed by atoms with Gasteiger partial charge in [-0.1, -0.05) is 25.7 Å². The maximum Gasteiger partial charge on any atom is 0.0658 e. The zero-order chi connectivity index (χ0) is 12.6. The van der Waals surface area contributed by atoms with Crippen molar-refractivity contribution in [3.8, 4) is 0 Å². The summed E-state index contributed by atoms with van der Waals surface area (Å²) in [5.41, 5.74) is 0. The van der Waals surface area contributed by atoms with Crippen molar-refractivity contribution in [2.24, 2.45) is 5.92 Å². The van der Waals surface area contributed by atoms with E-state index in [0.29, 0.717) is 5.25 Å². The maximum atomic E-state index is 10.2. The average molecular weight is 272 g/mol. The third-order valence-electron chi connectivity index (χ3n) is 4.35. The lowest BCUT2D eigenvalue weighted by Crippen LogP contribution is -2.25. The van der Waals surface area contributed by atoms with Gasteiger partial charge in [-0.15, -0.1) is 0 Å². The van der Waals surface area contributed by atoms with Gasteiger partial charge < -0.3 is 9.84 Å². The molecule has 2 aliphatic heterocycles. The Hall–Kier alpha value is 0.270. The molecule has 0 amide bonds. The molecule has 0 saturated carbocycles. The first-order valence-electron chi connectivity index (χ1n) is 7.73. The SMILES string of the molecule is OC(CCCCC1CCOCC1)C1CCCCS1. The molecular formula is C15H28O2S. The molecule has 106 valence electrons. The summed E-state index contributed by atoms with van der Waals surface area (Å²) >= 11 is 1.99. The van der Waals surface area contributed by atoms with Gasteiger partial charge in [0.2, 0.25) is 0 Å². The van der Waals surface area contributed by atoms with Gasteiger partial charge in [0.1, 0.15) is 0 Å². The van der Waals surface area contributed by atoms with Crippen molar-refractivity contribution in [1.29, 1.82) is 0 Å². The van der Waals surface area contributed by atoms with Crippen molar-refractivity contribution in [1.82, 2.24) is 0 Å². The lowest BCUT2D eigenvalue weighted by atomic mass is 9.93. The van der Waals surface area contributed by atoms with E-state index in [1.807, 2.05) is 11.8 Å². The van der Waals surface area contributed by atoms with Gasteiger partial charge >= 0.3 is 0 Å². The second-order valence-electron chi connectivity index (χ2n) is 5.81. The minimum atomic E-state index is -0.0509. The van der Waals surface area contributed by atoms with Gasteiger partial charge in [0.25, 0.3) is 0 Å². The van der Waals surface area contributed by atoms with E-state index in [1.165, 1.54) is 57.1 Å². The molecule has 18 heavy (non-hydrogen) atoms. The van der Waals surface area contributed by atoms with Crippen LogP contribution in [-0.4, -0.2) is 35.4 Å². The highest BCUT2D eigenvalue weighted by atomic mass is 32.2. The number of aliphatic hydroxyl groups is 1. The Kier molecular flexibility index (Phi) is 6.88. The van der Waals surface area contributed by atoms with Crippen LogP contribution < -0.4 is 0 Å². The predicted octanol–water partition coefficient (Wildman–Crippen LogP) is 3.62. The zero-order valence-corrected chi connectivity index (χ0v) is 12.3. The molecule has 0 aliphatic carbocycles. The van der Waals surface area contributed by atoms with E-state index >= 15 is 0 Å². The fourth-order valence-corrected chi connectivity index (χ4v) is 4.44. The van der Waals surface area contributed by atoms with Gasteiger partial charge in [0, 0.05) is 18.5 Å². The quantitative estimate of drug-likeness (QED) is 0.749. The molecule has 2 heterocycles. The molecule has 1 N–H and O–H groups in total. The van der Waals surface area contributed by atoms with Gasteiger partial charge in [0.05, 0.1) is 6.10 Å². The average Bonchev–Trinajstić information content (AvgIpc) is 2.45. The molecule has 0 aromatic rings. The Morgan fingerprint density at radius 1 is 1.11 bits per heavy atom. The molecule has 2 rings (SSSR count). The number of thioether (sulfide) groups is 1. The Morgan fingerprint density at radius 2 is 1.94 bits per heavy atom. The topological polar surface area (TPSA) is 29.5 Å². The molecular weight excluding hydrogens is 244 g/mol. The van der Waals surface area contributed by atoms with Gasteiger partial charge in [-0.25, -0.2) is 0 Å². The van der Waals surface area contributed by atoms with Crippen molar-refractivity contribution in [3.05, 3.63) is 0 Å². The standard InChI is InChI=1S/C15H28O2S/c16-14(15-7-3-4-12-18-15)6-2-1-5-13-8-10-17-11-9-13/h13-16H,1-12H2. The fraction of sp³-hybridized carbons (Fsp3) is 1.00. The second kappa shape index (κ2) is 8.44. The molecule has 2 nitrogen and oxygen atoms in total. The Labute approximate surface area is 116 Å². The summed E-state index contributed by atoms with van der Waals surface area (Å²) in [5, 5.41) is 10.7. The molecule has 0 aromatic heterocycles. The number of ether oxygens (including phenoxy) is 1. The van der Waals surface area contributed by atoms with E-state index in [4.69, 9.17) is 4.74 Å². The Balaban J connectivity index is 1.51. The lowest BCUT2D eigenvalue weighted by molar-refractivity contribution is 0.0625. The zero-order valence-electron chi connectivity index (χ0n) is 11.5. The summed E-state index contributed by atoms with van der Waals surface area (Å²) in [6.45, 7) is 1.93. The number of hydrogen-bond donors (Lipinski definition) is 1. The first kappa shape index (κ1) is 14.7. The first-order valence-corrected chi connectivity index (χ1v) is 8.78. The van der Waals surface area contributed by atoms with Crippen LogP contribution in [0.3, 0.4) is 0 Å². The Bertz CT molecular complexity index is 211. The van der Waals surface area contributed by atoms with Gasteiger partial charge in [-0.3, -0.25) is 0 Å². The van der Waals surface area contributed by atoms with Crippen molar-refractivity contribution in [2.75, 3.05) is 19.0 Å². The number of rotatable bonds is 6. The first-order chi connectivity index (χ1) is 8.86. The molecule has 2 atom stereocenters. The number of unbranched alkanes of at least 4 members (excludes halogenated alkanes) is 1. The van der Waals surface area contributed by atoms with E-state index in [0.717, 1.165) is 25.6 Å². The normalized spacial score (nSPS) is 28.2. The minimum absolute atomic E-state index is 0.0509. The predicted molar refractivity (Wildman–Crippen MR) is 78.1 cm³/mol. The number of aliphatic hydroxyl groups excluding tert-OH is 1. The molecule has 0 bridgehead atoms. The van der Waals surface area contributed by atoms with Crippen LogP contribution in [0.25, 0.3) is 0 Å². The van der Waals surface area contributed by atoms with Crippen LogP contribution in [-0.2, 0) is 4.74 Å². The third kappa shape index (κ3) is 5.10. The molecule has 2 aliphatic rings. The number of hydrogen-bond acceptors (Lipinski definition) is 3. The molecule has 2 unspecified atom stereocenters. The van der Waals surface area contributed by atoms with Crippen LogP contribution in [0.4, 0.5) is 0 Å². The maximum absolute atomic E-state index is 10.2. The fourth-order valence-electron chi connectivity index (χ4n) is 3.08. The lowest BCUT2D eigenvalue weighted by Gasteiger charge is -2.26.